The van der Waals surface area contributed by atoms with Gasteiger partial charge in [0.2, 0.25) is 0 Å². The molecule has 0 N–H and O–H groups in total. The van der Waals surface area contributed by atoms with Crippen molar-refractivity contribution < 1.29 is 0 Å². The van der Waals surface area contributed by atoms with Crippen molar-refractivity contribution in [3.8, 4) is 16.8 Å². The Hall–Kier alpha value is -5.34. The minimum absolute atomic E-state index is 0.326. The minimum atomic E-state index is 0.326. The van der Waals surface area contributed by atoms with E-state index >= 15 is 0 Å². The van der Waals surface area contributed by atoms with E-state index in [1.165, 1.54) is 52.2 Å². The fraction of sp³-hybridized carbons (Fsp3) is 0. The molecule has 2 heterocycles. The van der Waals surface area contributed by atoms with Crippen LogP contribution in [0.1, 0.15) is 0 Å². The van der Waals surface area contributed by atoms with Crippen LogP contribution in [0.4, 0.5) is 17.1 Å². The van der Waals surface area contributed by atoms with Gasteiger partial charge in [0.1, 0.15) is 0 Å². The first-order valence-electron chi connectivity index (χ1n) is 15.3. The zero-order chi connectivity index (χ0) is 29.7. The van der Waals surface area contributed by atoms with Gasteiger partial charge >= 0.3 is 263 Å². The van der Waals surface area contributed by atoms with Gasteiger partial charge in [-0.2, -0.15) is 0 Å². The third-order valence-electron chi connectivity index (χ3n) is 8.78. The van der Waals surface area contributed by atoms with Crippen LogP contribution in [0.25, 0.3) is 57.9 Å². The molecule has 212 valence electrons. The van der Waals surface area contributed by atoms with Crippen molar-refractivity contribution in [2.75, 3.05) is 4.90 Å². The summed E-state index contributed by atoms with van der Waals surface area (Å²) in [6.07, 6.45) is 0. The summed E-state index contributed by atoms with van der Waals surface area (Å²) in [5, 5.41) is 5.23. The Labute approximate surface area is 267 Å². The Morgan fingerprint density at radius 1 is 0.422 bits per heavy atom. The molecule has 0 bridgehead atoms. The summed E-state index contributed by atoms with van der Waals surface area (Å²) in [7, 11) is 0. The second-order valence-corrected chi connectivity index (χ2v) is 13.7. The van der Waals surface area contributed by atoms with Gasteiger partial charge in [0.05, 0.1) is 0 Å². The van der Waals surface area contributed by atoms with E-state index in [2.05, 4.69) is 179 Å². The van der Waals surface area contributed by atoms with Crippen LogP contribution in [0.2, 0.25) is 0 Å². The van der Waals surface area contributed by atoms with Gasteiger partial charge in [-0.3, -0.25) is 0 Å². The summed E-state index contributed by atoms with van der Waals surface area (Å²) in [4.78, 5) is 2.45. The number of para-hydroxylation sites is 3. The van der Waals surface area contributed by atoms with Gasteiger partial charge in [-0.05, 0) is 0 Å². The third kappa shape index (κ3) is 4.32. The average Bonchev–Trinajstić information content (AvgIpc) is 3.65. The maximum atomic E-state index is 2.45. The quantitative estimate of drug-likeness (QED) is 0.170. The molecule has 0 radical (unpaired) electrons. The van der Waals surface area contributed by atoms with E-state index in [9.17, 15) is 0 Å². The molecular weight excluding hydrogens is 611 g/mol. The van der Waals surface area contributed by atoms with Gasteiger partial charge in [0.15, 0.2) is 0 Å². The third-order valence-corrected chi connectivity index (χ3v) is 11.2. The van der Waals surface area contributed by atoms with Crippen LogP contribution < -0.4 is 4.90 Å². The Morgan fingerprint density at radius 2 is 1.04 bits per heavy atom. The average molecular weight is 640 g/mol. The Balaban J connectivity index is 1.34. The monoisotopic (exact) mass is 640 g/mol. The molecule has 3 heteroatoms. The van der Waals surface area contributed by atoms with Crippen LogP contribution in [-0.4, -0.2) is 19.1 Å². The van der Waals surface area contributed by atoms with Crippen molar-refractivity contribution in [1.29, 1.82) is 0 Å². The molecule has 2 nitrogen and oxygen atoms in total. The molecule has 0 spiro atoms. The second-order valence-electron chi connectivity index (χ2n) is 11.4. The fourth-order valence-corrected chi connectivity index (χ4v) is 9.04. The topological polar surface area (TPSA) is 8.17 Å². The number of nitrogens with zero attached hydrogens (tertiary/aromatic N) is 2. The van der Waals surface area contributed by atoms with Crippen molar-refractivity contribution in [1.82, 2.24) is 4.57 Å². The van der Waals surface area contributed by atoms with E-state index in [1.54, 1.807) is 0 Å². The maximum absolute atomic E-state index is 2.45. The van der Waals surface area contributed by atoms with Crippen LogP contribution in [0.15, 0.2) is 170 Å². The number of hydrogen-bond donors (Lipinski definition) is 0. The van der Waals surface area contributed by atoms with Crippen LogP contribution >= 0.6 is 0 Å². The van der Waals surface area contributed by atoms with Crippen molar-refractivity contribution >= 4 is 72.7 Å². The Bertz CT molecular complexity index is 2490. The molecule has 0 atom stereocenters. The fourth-order valence-electron chi connectivity index (χ4n) is 6.76. The van der Waals surface area contributed by atoms with Gasteiger partial charge in [-0.1, -0.05) is 6.07 Å². The van der Waals surface area contributed by atoms with Crippen molar-refractivity contribution in [3.05, 3.63) is 170 Å². The summed E-state index contributed by atoms with van der Waals surface area (Å²) >= 11 is 0.326. The van der Waals surface area contributed by atoms with Crippen LogP contribution in [-0.2, 0) is 0 Å². The number of rotatable bonds is 5. The molecule has 0 unspecified atom stereocenters. The van der Waals surface area contributed by atoms with E-state index in [0.29, 0.717) is 14.5 Å². The van der Waals surface area contributed by atoms with E-state index in [-0.39, 0.29) is 0 Å². The van der Waals surface area contributed by atoms with Crippen molar-refractivity contribution in [3.63, 3.8) is 0 Å². The van der Waals surface area contributed by atoms with Crippen LogP contribution in [0, 0.1) is 0 Å². The number of fused-ring (bicyclic) bond motifs is 6. The second kappa shape index (κ2) is 10.7. The van der Waals surface area contributed by atoms with Gasteiger partial charge < -0.3 is 0 Å². The normalized spacial score (nSPS) is 11.6. The number of anilines is 3. The Morgan fingerprint density at radius 3 is 1.91 bits per heavy atom. The first-order valence-corrected chi connectivity index (χ1v) is 17.0. The molecule has 0 aliphatic heterocycles. The predicted octanol–water partition coefficient (Wildman–Crippen LogP) is 11.3. The van der Waals surface area contributed by atoms with Crippen LogP contribution in [0.5, 0.6) is 0 Å². The predicted molar refractivity (Wildman–Crippen MR) is 193 cm³/mol. The first kappa shape index (κ1) is 26.1. The summed E-state index contributed by atoms with van der Waals surface area (Å²) in [5.41, 5.74) is 9.41. The van der Waals surface area contributed by atoms with Crippen molar-refractivity contribution in [2.45, 2.75) is 0 Å². The molecule has 9 aromatic rings. The van der Waals surface area contributed by atoms with Gasteiger partial charge in [-0.25, -0.2) is 0 Å². The summed E-state index contributed by atoms with van der Waals surface area (Å²) in [6.45, 7) is 0. The molecule has 7 aromatic carbocycles. The molecule has 45 heavy (non-hydrogen) atoms. The number of hydrogen-bond acceptors (Lipinski definition) is 1. The van der Waals surface area contributed by atoms with Gasteiger partial charge in [-0.15, -0.1) is 0 Å². The molecule has 2 aromatic heterocycles. The van der Waals surface area contributed by atoms with E-state index in [1.807, 2.05) is 0 Å². The molecule has 0 aliphatic carbocycles. The SMILES string of the molecule is c1ccc(-c2ccccc2N(c2ccc3[se]c4ccccc4c3c2)c2ccc3c4ccccc4n(-c4ccccc4)c3c2)cc1. The van der Waals surface area contributed by atoms with Gasteiger partial charge in [0.25, 0.3) is 0 Å². The zero-order valence-electron chi connectivity index (χ0n) is 24.5. The Kier molecular flexibility index (Phi) is 6.19. The zero-order valence-corrected chi connectivity index (χ0v) is 26.2. The summed E-state index contributed by atoms with van der Waals surface area (Å²) in [5.74, 6) is 0. The summed E-state index contributed by atoms with van der Waals surface area (Å²) < 4.78 is 5.31. The van der Waals surface area contributed by atoms with Gasteiger partial charge in [0, 0.05) is 0 Å². The molecule has 0 amide bonds. The van der Waals surface area contributed by atoms with Crippen LogP contribution in [0.3, 0.4) is 0 Å². The molecule has 9 rings (SSSR count). The molecular formula is C42H28N2Se. The number of benzene rings is 7. The van der Waals surface area contributed by atoms with E-state index < -0.39 is 0 Å². The van der Waals surface area contributed by atoms with Crippen molar-refractivity contribution in [2.24, 2.45) is 0 Å². The van der Waals surface area contributed by atoms with E-state index in [4.69, 9.17) is 0 Å². The standard InChI is InChI=1S/C42H28N2Se/c1-3-13-29(14-4-1)33-17-7-10-20-38(33)43(31-24-26-42-37(27-31)36-19-9-12-22-41(36)45-42)32-23-25-35-34-18-8-11-21-39(34)44(40(35)28-32)30-15-5-2-6-16-30/h1-28H. The van der Waals surface area contributed by atoms with E-state index in [0.717, 1.165) is 22.7 Å². The molecule has 0 saturated heterocycles. The number of aromatic nitrogens is 1. The summed E-state index contributed by atoms with van der Waals surface area (Å²) in [6, 6.07) is 61.9. The molecule has 0 saturated carbocycles. The first-order chi connectivity index (χ1) is 22.3. The molecule has 0 aliphatic rings. The molecule has 0 fully saturated rings.